The molecule has 0 aliphatic carbocycles. The molecule has 0 fully saturated rings. The van der Waals surface area contributed by atoms with Gasteiger partial charge in [0.1, 0.15) is 11.3 Å². The topological polar surface area (TPSA) is 101 Å². The molecule has 32 heavy (non-hydrogen) atoms. The molecule has 3 aromatic heterocycles. The Morgan fingerprint density at radius 1 is 1.03 bits per heavy atom. The van der Waals surface area contributed by atoms with Gasteiger partial charge in [-0.2, -0.15) is 14.4 Å². The third-order valence-electron chi connectivity index (χ3n) is 5.49. The van der Waals surface area contributed by atoms with E-state index < -0.39 is 12.1 Å². The number of benzene rings is 2. The van der Waals surface area contributed by atoms with E-state index in [4.69, 9.17) is 4.98 Å². The molecule has 3 heterocycles. The van der Waals surface area contributed by atoms with E-state index in [-0.39, 0.29) is 17.0 Å². The van der Waals surface area contributed by atoms with Crippen molar-refractivity contribution < 1.29 is 4.39 Å². The predicted octanol–water partition coefficient (Wildman–Crippen LogP) is 3.98. The number of hydrogen-bond acceptors (Lipinski definition) is 6. The number of halogens is 1. The first kappa shape index (κ1) is 19.8. The van der Waals surface area contributed by atoms with Gasteiger partial charge in [0.25, 0.3) is 5.56 Å². The van der Waals surface area contributed by atoms with Gasteiger partial charge in [0.05, 0.1) is 29.0 Å². The Labute approximate surface area is 182 Å². The van der Waals surface area contributed by atoms with Crippen LogP contribution in [0.4, 0.5) is 10.2 Å². The monoisotopic (exact) mass is 429 g/mol. The molecule has 2 aromatic carbocycles. The van der Waals surface area contributed by atoms with Crippen LogP contribution in [0.3, 0.4) is 0 Å². The van der Waals surface area contributed by atoms with Crippen molar-refractivity contribution in [2.45, 2.75) is 26.8 Å². The molecule has 9 heteroatoms. The number of fused-ring (bicyclic) bond motifs is 2. The first-order valence-corrected chi connectivity index (χ1v) is 10.2. The van der Waals surface area contributed by atoms with Crippen molar-refractivity contribution in [3.05, 3.63) is 82.2 Å². The molecule has 5 rings (SSSR count). The Bertz CT molecular complexity index is 1540. The van der Waals surface area contributed by atoms with Gasteiger partial charge in [0, 0.05) is 0 Å². The molecule has 8 nitrogen and oxygen atoms in total. The van der Waals surface area contributed by atoms with Gasteiger partial charge in [-0.3, -0.25) is 9.36 Å². The SMILES string of the molecule is Cc1ccccc1-n1c(C(C)Nc2nc(F)nc3nc[nH]c23)nc2cccc(C)c2c1=O. The fourth-order valence-corrected chi connectivity index (χ4v) is 3.93. The highest BCUT2D eigenvalue weighted by Gasteiger charge is 2.21. The number of imidazole rings is 1. The largest absolute Gasteiger partial charge is 0.358 e. The molecule has 0 saturated heterocycles. The first-order chi connectivity index (χ1) is 15.4. The van der Waals surface area contributed by atoms with Gasteiger partial charge in [0.2, 0.25) is 0 Å². The lowest BCUT2D eigenvalue weighted by Crippen LogP contribution is -2.28. The summed E-state index contributed by atoms with van der Waals surface area (Å²) in [6, 6.07) is 12.7. The predicted molar refractivity (Wildman–Crippen MR) is 120 cm³/mol. The first-order valence-electron chi connectivity index (χ1n) is 10.2. The van der Waals surface area contributed by atoms with Crippen molar-refractivity contribution in [3.63, 3.8) is 0 Å². The number of nitrogens with one attached hydrogen (secondary N) is 2. The second kappa shape index (κ2) is 7.52. The van der Waals surface area contributed by atoms with Gasteiger partial charge < -0.3 is 10.3 Å². The lowest BCUT2D eigenvalue weighted by atomic mass is 10.1. The van der Waals surface area contributed by atoms with Crippen molar-refractivity contribution in [2.75, 3.05) is 5.32 Å². The van der Waals surface area contributed by atoms with Gasteiger partial charge in [-0.05, 0) is 44.0 Å². The summed E-state index contributed by atoms with van der Waals surface area (Å²) in [5, 5.41) is 3.75. The third kappa shape index (κ3) is 3.18. The Morgan fingerprint density at radius 2 is 1.81 bits per heavy atom. The molecule has 2 N–H and O–H groups in total. The Kier molecular flexibility index (Phi) is 4.66. The molecule has 0 spiro atoms. The van der Waals surface area contributed by atoms with Gasteiger partial charge in [0.15, 0.2) is 11.5 Å². The van der Waals surface area contributed by atoms with Crippen molar-refractivity contribution in [2.24, 2.45) is 0 Å². The van der Waals surface area contributed by atoms with Crippen LogP contribution in [-0.4, -0.2) is 29.5 Å². The molecular weight excluding hydrogens is 409 g/mol. The summed E-state index contributed by atoms with van der Waals surface area (Å²) in [5.41, 5.74) is 3.65. The Balaban J connectivity index is 1.74. The third-order valence-corrected chi connectivity index (χ3v) is 5.49. The highest BCUT2D eigenvalue weighted by Crippen LogP contribution is 2.25. The second-order valence-corrected chi connectivity index (χ2v) is 7.67. The number of hydrogen-bond donors (Lipinski definition) is 2. The van der Waals surface area contributed by atoms with E-state index in [1.165, 1.54) is 6.33 Å². The van der Waals surface area contributed by atoms with Crippen molar-refractivity contribution in [1.29, 1.82) is 0 Å². The molecular formula is C23H20FN7O. The Hall–Kier alpha value is -4.14. The smallest absolute Gasteiger partial charge is 0.312 e. The lowest BCUT2D eigenvalue weighted by molar-refractivity contribution is 0.544. The molecule has 0 aliphatic rings. The molecule has 0 bridgehead atoms. The van der Waals surface area contributed by atoms with Crippen LogP contribution < -0.4 is 10.9 Å². The molecule has 0 amide bonds. The minimum Gasteiger partial charge on any atom is -0.358 e. The minimum atomic E-state index is -0.891. The average Bonchev–Trinajstić information content (AvgIpc) is 3.23. The highest BCUT2D eigenvalue weighted by molar-refractivity contribution is 5.83. The fourth-order valence-electron chi connectivity index (χ4n) is 3.93. The van der Waals surface area contributed by atoms with Crippen LogP contribution in [0.5, 0.6) is 0 Å². The van der Waals surface area contributed by atoms with Crippen LogP contribution in [0, 0.1) is 19.9 Å². The summed E-state index contributed by atoms with van der Waals surface area (Å²) in [4.78, 5) is 33.0. The summed E-state index contributed by atoms with van der Waals surface area (Å²) in [6.45, 7) is 5.69. The number of aromatic nitrogens is 6. The van der Waals surface area contributed by atoms with E-state index in [0.717, 1.165) is 16.8 Å². The number of H-pyrrole nitrogens is 1. The number of aromatic amines is 1. The minimum absolute atomic E-state index is 0.161. The zero-order valence-electron chi connectivity index (χ0n) is 17.7. The van der Waals surface area contributed by atoms with Crippen LogP contribution in [0.25, 0.3) is 27.8 Å². The maximum absolute atomic E-state index is 14.0. The molecule has 160 valence electrons. The summed E-state index contributed by atoms with van der Waals surface area (Å²) in [5.74, 6) is 0.724. The molecule has 5 aromatic rings. The number of para-hydroxylation sites is 1. The number of nitrogens with zero attached hydrogens (tertiary/aromatic N) is 5. The maximum atomic E-state index is 14.0. The van der Waals surface area contributed by atoms with E-state index >= 15 is 0 Å². The van der Waals surface area contributed by atoms with Crippen LogP contribution in [-0.2, 0) is 0 Å². The Morgan fingerprint density at radius 3 is 2.62 bits per heavy atom. The van der Waals surface area contributed by atoms with Gasteiger partial charge in [-0.15, -0.1) is 0 Å². The van der Waals surface area contributed by atoms with E-state index in [2.05, 4.69) is 25.3 Å². The number of rotatable bonds is 4. The molecule has 0 radical (unpaired) electrons. The summed E-state index contributed by atoms with van der Waals surface area (Å²) >= 11 is 0. The standard InChI is InChI=1S/C23H20FN7O/c1-12-7-4-5-10-16(12)31-21(28-15-9-6-8-13(2)17(15)22(31)32)14(3)27-20-18-19(26-11-25-18)29-23(24)30-20/h4-11,14H,1-3H3,(H2,25,26,27,29,30). The van der Waals surface area contributed by atoms with Crippen LogP contribution in [0.15, 0.2) is 53.6 Å². The van der Waals surface area contributed by atoms with Gasteiger partial charge in [-0.25, -0.2) is 9.97 Å². The lowest BCUT2D eigenvalue weighted by Gasteiger charge is -2.21. The number of anilines is 1. The number of aryl methyl sites for hydroxylation is 2. The molecule has 0 saturated carbocycles. The second-order valence-electron chi connectivity index (χ2n) is 7.67. The van der Waals surface area contributed by atoms with Crippen molar-refractivity contribution in [1.82, 2.24) is 29.5 Å². The zero-order chi connectivity index (χ0) is 22.4. The van der Waals surface area contributed by atoms with E-state index in [9.17, 15) is 9.18 Å². The molecule has 1 unspecified atom stereocenters. The van der Waals surface area contributed by atoms with Crippen LogP contribution >= 0.6 is 0 Å². The van der Waals surface area contributed by atoms with E-state index in [1.54, 1.807) is 4.57 Å². The summed E-state index contributed by atoms with van der Waals surface area (Å²) < 4.78 is 15.6. The van der Waals surface area contributed by atoms with Gasteiger partial charge in [-0.1, -0.05) is 30.3 Å². The summed E-state index contributed by atoms with van der Waals surface area (Å²) in [7, 11) is 0. The summed E-state index contributed by atoms with van der Waals surface area (Å²) in [6.07, 6.45) is 0.535. The van der Waals surface area contributed by atoms with Crippen LogP contribution in [0.1, 0.15) is 29.9 Å². The normalized spacial score (nSPS) is 12.4. The fraction of sp³-hybridized carbons (Fsp3) is 0.174. The quantitative estimate of drug-likeness (QED) is 0.419. The van der Waals surface area contributed by atoms with Crippen LogP contribution in [0.2, 0.25) is 0 Å². The average molecular weight is 429 g/mol. The zero-order valence-corrected chi connectivity index (χ0v) is 17.7. The maximum Gasteiger partial charge on any atom is 0.312 e. The van der Waals surface area contributed by atoms with Crippen molar-refractivity contribution in [3.8, 4) is 5.69 Å². The van der Waals surface area contributed by atoms with Crippen molar-refractivity contribution >= 4 is 27.9 Å². The highest BCUT2D eigenvalue weighted by atomic mass is 19.1. The van der Waals surface area contributed by atoms with Gasteiger partial charge >= 0.3 is 6.08 Å². The molecule has 0 aliphatic heterocycles. The van der Waals surface area contributed by atoms with E-state index in [0.29, 0.717) is 22.2 Å². The molecule has 1 atom stereocenters. The van der Waals surface area contributed by atoms with E-state index in [1.807, 2.05) is 63.2 Å².